The highest BCUT2D eigenvalue weighted by Crippen LogP contribution is 2.37. The predicted molar refractivity (Wildman–Crippen MR) is 133 cm³/mol. The maximum atomic E-state index is 12.5. The number of hydrogen-bond acceptors (Lipinski definition) is 4. The summed E-state index contributed by atoms with van der Waals surface area (Å²) < 4.78 is 11.1. The minimum absolute atomic E-state index is 0.0219. The van der Waals surface area contributed by atoms with E-state index in [2.05, 4.69) is 22.5 Å². The zero-order chi connectivity index (χ0) is 23.1. The molecule has 0 saturated heterocycles. The third-order valence-corrected chi connectivity index (χ3v) is 5.61. The largest absolute Gasteiger partial charge is 0.461 e. The van der Waals surface area contributed by atoms with Crippen molar-refractivity contribution in [1.82, 2.24) is 0 Å². The summed E-state index contributed by atoms with van der Waals surface area (Å²) in [4.78, 5) is 24.8. The van der Waals surface area contributed by atoms with E-state index < -0.39 is 0 Å². The molecular formula is C27H27BrO4. The number of fused-ring (bicyclic) bond motifs is 1. The number of benzene rings is 2. The van der Waals surface area contributed by atoms with E-state index in [0.717, 1.165) is 22.1 Å². The Labute approximate surface area is 196 Å². The van der Waals surface area contributed by atoms with Crippen molar-refractivity contribution in [2.75, 3.05) is 0 Å². The molecule has 1 heterocycles. The molecule has 3 aromatic rings. The average Bonchev–Trinajstić information content (AvgIpc) is 2.78. The Bertz CT molecular complexity index is 1180. The van der Waals surface area contributed by atoms with E-state index in [1.165, 1.54) is 0 Å². The van der Waals surface area contributed by atoms with Crippen molar-refractivity contribution in [3.05, 3.63) is 101 Å². The summed E-state index contributed by atoms with van der Waals surface area (Å²) in [6, 6.07) is 17.0. The molecule has 0 bridgehead atoms. The Morgan fingerprint density at radius 1 is 1.06 bits per heavy atom. The second-order valence-corrected chi connectivity index (χ2v) is 9.25. The third kappa shape index (κ3) is 5.86. The van der Waals surface area contributed by atoms with Crippen LogP contribution in [0.1, 0.15) is 48.4 Å². The number of rotatable bonds is 9. The van der Waals surface area contributed by atoms with E-state index in [-0.39, 0.29) is 35.4 Å². The van der Waals surface area contributed by atoms with E-state index in [1.54, 1.807) is 12.1 Å². The Kier molecular flexibility index (Phi) is 8.23. The lowest BCUT2D eigenvalue weighted by atomic mass is 9.89. The monoisotopic (exact) mass is 494 g/mol. The van der Waals surface area contributed by atoms with Crippen molar-refractivity contribution in [3.8, 4) is 0 Å². The van der Waals surface area contributed by atoms with Crippen LogP contribution >= 0.6 is 15.9 Å². The third-order valence-electron chi connectivity index (χ3n) is 5.19. The fourth-order valence-electron chi connectivity index (χ4n) is 3.75. The molecule has 0 N–H and O–H groups in total. The summed E-state index contributed by atoms with van der Waals surface area (Å²) in [5.41, 5.74) is 2.43. The molecule has 0 radical (unpaired) electrons. The lowest BCUT2D eigenvalue weighted by Gasteiger charge is -2.19. The molecule has 0 aliphatic carbocycles. The normalized spacial score (nSPS) is 13.5. The van der Waals surface area contributed by atoms with Crippen LogP contribution in [0.5, 0.6) is 0 Å². The smallest absolute Gasteiger partial charge is 0.343 e. The van der Waals surface area contributed by atoms with Gasteiger partial charge in [0.15, 0.2) is 0 Å². The molecule has 0 amide bonds. The number of carbonyl (C=O) groups excluding carboxylic acids is 1. The zero-order valence-corrected chi connectivity index (χ0v) is 19.9. The first-order chi connectivity index (χ1) is 15.4. The van der Waals surface area contributed by atoms with E-state index in [1.807, 2.05) is 68.5 Å². The maximum absolute atomic E-state index is 12.5. The minimum atomic E-state index is -0.360. The number of carbonyl (C=O) groups is 1. The second-order valence-electron chi connectivity index (χ2n) is 7.88. The van der Waals surface area contributed by atoms with Crippen molar-refractivity contribution in [1.29, 1.82) is 0 Å². The maximum Gasteiger partial charge on any atom is 0.343 e. The van der Waals surface area contributed by atoms with Gasteiger partial charge >= 0.3 is 11.6 Å². The first kappa shape index (κ1) is 23.7. The molecule has 32 heavy (non-hydrogen) atoms. The highest BCUT2D eigenvalue weighted by molar-refractivity contribution is 9.09. The number of alkyl halides is 1. The lowest BCUT2D eigenvalue weighted by Crippen LogP contribution is -2.12. The van der Waals surface area contributed by atoms with Crippen LogP contribution in [0.15, 0.2) is 82.5 Å². The lowest BCUT2D eigenvalue weighted by molar-refractivity contribution is -0.145. The number of allylic oxidation sites excluding steroid dienone is 3. The Morgan fingerprint density at radius 2 is 1.72 bits per heavy atom. The quantitative estimate of drug-likeness (QED) is 0.183. The molecule has 0 saturated carbocycles. The molecule has 0 aliphatic heterocycles. The van der Waals surface area contributed by atoms with E-state index in [4.69, 9.17) is 9.15 Å². The van der Waals surface area contributed by atoms with Crippen LogP contribution < -0.4 is 5.63 Å². The van der Waals surface area contributed by atoms with Crippen molar-refractivity contribution >= 4 is 38.2 Å². The van der Waals surface area contributed by atoms with Crippen molar-refractivity contribution < 1.29 is 13.9 Å². The summed E-state index contributed by atoms with van der Waals surface area (Å²) in [5.74, 6) is 0.354. The first-order valence-corrected chi connectivity index (χ1v) is 11.5. The molecule has 1 aromatic heterocycles. The summed E-state index contributed by atoms with van der Waals surface area (Å²) in [6.07, 6.45) is 4.54. The second kappa shape index (κ2) is 11.1. The topological polar surface area (TPSA) is 56.5 Å². The van der Waals surface area contributed by atoms with Crippen molar-refractivity contribution in [2.24, 2.45) is 5.92 Å². The molecule has 0 spiro atoms. The number of esters is 1. The molecule has 4 nitrogen and oxygen atoms in total. The Balaban J connectivity index is 1.83. The van der Waals surface area contributed by atoms with E-state index in [0.29, 0.717) is 17.6 Å². The van der Waals surface area contributed by atoms with Crippen LogP contribution in [-0.4, -0.2) is 5.97 Å². The summed E-state index contributed by atoms with van der Waals surface area (Å²) in [7, 11) is 0. The van der Waals surface area contributed by atoms with E-state index in [9.17, 15) is 9.59 Å². The molecule has 166 valence electrons. The molecule has 2 atom stereocenters. The SMILES string of the molecule is C=C/C=C(\CC(C)CC(=O)OCc1ccccc1)c1c(C(C)Br)oc(=O)c2ccccc12. The highest BCUT2D eigenvalue weighted by atomic mass is 79.9. The fourth-order valence-corrected chi connectivity index (χ4v) is 4.08. The molecule has 2 unspecified atom stereocenters. The summed E-state index contributed by atoms with van der Waals surface area (Å²) in [6.45, 7) is 8.06. The Morgan fingerprint density at radius 3 is 2.38 bits per heavy atom. The van der Waals surface area contributed by atoms with Crippen molar-refractivity contribution in [2.45, 2.75) is 38.1 Å². The minimum Gasteiger partial charge on any atom is -0.461 e. The van der Waals surface area contributed by atoms with Crippen LogP contribution in [0.4, 0.5) is 0 Å². The van der Waals surface area contributed by atoms with Gasteiger partial charge in [-0.25, -0.2) is 4.79 Å². The molecule has 5 heteroatoms. The van der Waals surface area contributed by atoms with Gasteiger partial charge < -0.3 is 9.15 Å². The van der Waals surface area contributed by atoms with Gasteiger partial charge in [-0.1, -0.05) is 90.1 Å². The summed E-state index contributed by atoms with van der Waals surface area (Å²) in [5, 5.41) is 1.36. The average molecular weight is 495 g/mol. The van der Waals surface area contributed by atoms with Gasteiger partial charge in [0.05, 0.1) is 10.2 Å². The molecule has 0 aliphatic rings. The number of hydrogen-bond donors (Lipinski definition) is 0. The van der Waals surface area contributed by atoms with Crippen LogP contribution in [0.2, 0.25) is 0 Å². The fraction of sp³-hybridized carbons (Fsp3) is 0.259. The standard InChI is InChI=1S/C27H27BrO4/c1-4-10-21(15-18(2)16-24(29)31-17-20-11-6-5-7-12-20)25-22-13-8-9-14-23(22)27(30)32-26(25)19(3)28/h4-14,18-19H,1,15-17H2,2-3H3/b21-10+. The van der Waals surface area contributed by atoms with Gasteiger partial charge in [-0.2, -0.15) is 0 Å². The number of ether oxygens (including phenoxy) is 1. The number of halogens is 1. The van der Waals surface area contributed by atoms with Gasteiger partial charge in [0, 0.05) is 12.0 Å². The van der Waals surface area contributed by atoms with Gasteiger partial charge in [0.25, 0.3) is 0 Å². The van der Waals surface area contributed by atoms with Gasteiger partial charge in [-0.15, -0.1) is 0 Å². The predicted octanol–water partition coefficient (Wildman–Crippen LogP) is 6.98. The molecule has 3 rings (SSSR count). The van der Waals surface area contributed by atoms with Gasteiger partial charge in [-0.05, 0) is 41.9 Å². The van der Waals surface area contributed by atoms with E-state index >= 15 is 0 Å². The van der Waals surface area contributed by atoms with Crippen LogP contribution in [0.25, 0.3) is 16.3 Å². The zero-order valence-electron chi connectivity index (χ0n) is 18.3. The molecule has 0 fully saturated rings. The van der Waals surface area contributed by atoms with Crippen molar-refractivity contribution in [3.63, 3.8) is 0 Å². The van der Waals surface area contributed by atoms with Gasteiger partial charge in [-0.3, -0.25) is 4.79 Å². The molecule has 2 aromatic carbocycles. The van der Waals surface area contributed by atoms with Gasteiger partial charge in [0.2, 0.25) is 0 Å². The van der Waals surface area contributed by atoms with Crippen LogP contribution in [0.3, 0.4) is 0 Å². The first-order valence-electron chi connectivity index (χ1n) is 10.6. The van der Waals surface area contributed by atoms with Gasteiger partial charge in [0.1, 0.15) is 12.4 Å². The van der Waals surface area contributed by atoms with Crippen LogP contribution in [0, 0.1) is 5.92 Å². The highest BCUT2D eigenvalue weighted by Gasteiger charge is 2.22. The van der Waals surface area contributed by atoms with Crippen LogP contribution in [-0.2, 0) is 16.1 Å². The summed E-state index contributed by atoms with van der Waals surface area (Å²) >= 11 is 3.56. The molecular weight excluding hydrogens is 468 g/mol. The Hall–Kier alpha value is -2.92.